The van der Waals surface area contributed by atoms with Crippen molar-refractivity contribution in [2.45, 2.75) is 30.6 Å². The number of amides is 1. The number of carbonyl (C=O) groups is 3. The SMILES string of the molecule is C[C@H]1c2c(Br)ccc(O)c2C(=O)C2=C(O)[C@]3(O)C(O)=C(C(N)=O)C(=O)[C@@H](N(C)C)[C@@H]3[C@@H](O)[C@@H]21. The van der Waals surface area contributed by atoms with Crippen LogP contribution in [0.4, 0.5) is 0 Å². The van der Waals surface area contributed by atoms with Crippen molar-refractivity contribution in [1.29, 1.82) is 0 Å². The first-order valence-electron chi connectivity index (χ1n) is 10.1. The van der Waals surface area contributed by atoms with Crippen LogP contribution in [0.3, 0.4) is 0 Å². The Bertz CT molecular complexity index is 1190. The number of aliphatic hydroxyl groups excluding tert-OH is 3. The quantitative estimate of drug-likeness (QED) is 0.299. The van der Waals surface area contributed by atoms with Crippen LogP contribution in [0, 0.1) is 11.8 Å². The Hall–Kier alpha value is -2.73. The number of benzene rings is 1. The number of phenols is 1. The van der Waals surface area contributed by atoms with Gasteiger partial charge in [-0.2, -0.15) is 0 Å². The number of hydrogen-bond donors (Lipinski definition) is 6. The molecule has 6 atom stereocenters. The topological polar surface area (TPSA) is 182 Å². The van der Waals surface area contributed by atoms with E-state index in [9.17, 15) is 39.9 Å². The first-order valence-corrected chi connectivity index (χ1v) is 10.9. The molecule has 1 amide bonds. The number of fused-ring (bicyclic) bond motifs is 3. The molecule has 33 heavy (non-hydrogen) atoms. The second-order valence-electron chi connectivity index (χ2n) is 8.90. The van der Waals surface area contributed by atoms with Gasteiger partial charge in [-0.05, 0) is 37.7 Å². The number of ketones is 2. The number of aromatic hydroxyl groups is 1. The van der Waals surface area contributed by atoms with Gasteiger partial charge in [0.05, 0.1) is 23.6 Å². The van der Waals surface area contributed by atoms with Crippen molar-refractivity contribution >= 4 is 33.4 Å². The lowest BCUT2D eigenvalue weighted by Gasteiger charge is -2.53. The van der Waals surface area contributed by atoms with Crippen LogP contribution in [0.1, 0.15) is 28.8 Å². The molecule has 0 unspecified atom stereocenters. The predicted octanol–water partition coefficient (Wildman–Crippen LogP) is 0.415. The number of primary amides is 1. The Morgan fingerprint density at radius 2 is 1.76 bits per heavy atom. The highest BCUT2D eigenvalue weighted by Gasteiger charge is 2.66. The number of nitrogens with two attached hydrogens (primary N) is 1. The highest BCUT2D eigenvalue weighted by atomic mass is 79.9. The minimum atomic E-state index is -2.84. The number of Topliss-reactive ketones (excluding diaryl/α,β-unsaturated/α-hetero) is 2. The molecule has 10 nitrogen and oxygen atoms in total. The third-order valence-electron chi connectivity index (χ3n) is 7.06. The molecular weight excluding hydrogens is 500 g/mol. The molecule has 1 aromatic carbocycles. The van der Waals surface area contributed by atoms with Crippen LogP contribution < -0.4 is 5.73 Å². The van der Waals surface area contributed by atoms with Gasteiger partial charge in [-0.1, -0.05) is 22.9 Å². The van der Waals surface area contributed by atoms with E-state index in [4.69, 9.17) is 5.73 Å². The van der Waals surface area contributed by atoms with Gasteiger partial charge in [-0.3, -0.25) is 19.3 Å². The third kappa shape index (κ3) is 2.79. The molecule has 3 aliphatic carbocycles. The highest BCUT2D eigenvalue weighted by molar-refractivity contribution is 9.10. The lowest BCUT2D eigenvalue weighted by atomic mass is 9.55. The molecule has 7 N–H and O–H groups in total. The Morgan fingerprint density at radius 1 is 1.15 bits per heavy atom. The molecule has 11 heteroatoms. The van der Waals surface area contributed by atoms with Crippen molar-refractivity contribution in [1.82, 2.24) is 4.90 Å². The number of hydrogen-bond acceptors (Lipinski definition) is 9. The molecule has 4 rings (SSSR count). The van der Waals surface area contributed by atoms with E-state index in [1.54, 1.807) is 13.0 Å². The fourth-order valence-electron chi connectivity index (χ4n) is 5.64. The van der Waals surface area contributed by atoms with Crippen molar-refractivity contribution in [3.63, 3.8) is 0 Å². The van der Waals surface area contributed by atoms with Crippen LogP contribution in [-0.2, 0) is 9.59 Å². The summed E-state index contributed by atoms with van der Waals surface area (Å²) in [4.78, 5) is 39.9. The molecule has 0 spiro atoms. The summed E-state index contributed by atoms with van der Waals surface area (Å²) in [5.74, 6) is -8.99. The molecule has 1 aromatic rings. The second kappa shape index (κ2) is 7.39. The predicted molar refractivity (Wildman–Crippen MR) is 117 cm³/mol. The number of nitrogens with zero attached hydrogens (tertiary/aromatic N) is 1. The van der Waals surface area contributed by atoms with Crippen LogP contribution in [0.15, 0.2) is 39.3 Å². The number of likely N-dealkylation sites (N-methyl/N-ethyl adjacent to an activating group) is 1. The van der Waals surface area contributed by atoms with Crippen LogP contribution in [0.5, 0.6) is 5.75 Å². The fraction of sp³-hybridized carbons (Fsp3) is 0.409. The summed E-state index contributed by atoms with van der Waals surface area (Å²) in [5, 5.41) is 55.5. The Balaban J connectivity index is 2.10. The Kier molecular flexibility index (Phi) is 5.25. The van der Waals surface area contributed by atoms with Gasteiger partial charge in [-0.15, -0.1) is 0 Å². The summed E-state index contributed by atoms with van der Waals surface area (Å²) in [6.45, 7) is 1.67. The lowest BCUT2D eigenvalue weighted by molar-refractivity contribution is -0.151. The van der Waals surface area contributed by atoms with E-state index in [-0.39, 0.29) is 11.3 Å². The van der Waals surface area contributed by atoms with Crippen molar-refractivity contribution in [3.8, 4) is 5.75 Å². The molecule has 0 aliphatic heterocycles. The van der Waals surface area contributed by atoms with Gasteiger partial charge in [0.25, 0.3) is 5.91 Å². The van der Waals surface area contributed by atoms with Gasteiger partial charge in [-0.25, -0.2) is 0 Å². The summed E-state index contributed by atoms with van der Waals surface area (Å²) in [6.07, 6.45) is -1.62. The minimum Gasteiger partial charge on any atom is -0.508 e. The van der Waals surface area contributed by atoms with E-state index >= 15 is 0 Å². The van der Waals surface area contributed by atoms with Crippen LogP contribution in [-0.4, -0.2) is 79.7 Å². The zero-order chi connectivity index (χ0) is 24.7. The summed E-state index contributed by atoms with van der Waals surface area (Å²) < 4.78 is 0.491. The summed E-state index contributed by atoms with van der Waals surface area (Å²) in [5.41, 5.74) is 1.37. The molecule has 0 fully saturated rings. The van der Waals surface area contributed by atoms with E-state index in [1.165, 1.54) is 25.1 Å². The second-order valence-corrected chi connectivity index (χ2v) is 9.76. The molecule has 0 saturated heterocycles. The molecule has 0 saturated carbocycles. The van der Waals surface area contributed by atoms with Crippen LogP contribution in [0.2, 0.25) is 0 Å². The maximum atomic E-state index is 13.5. The number of phenolic OH excluding ortho intramolecular Hbond substituents is 1. The molecule has 0 aromatic heterocycles. The standard InChI is InChI=1S/C22H23BrN2O8/c1-6-9-7(23)4-5-8(26)11(9)16(27)12-10(6)17(28)14-15(25(2)3)18(29)13(21(24)32)20(31)22(14,33)19(12)30/h4-6,10,14-15,17,26,28,30-31,33H,1-3H3,(H2,24,32)/t6-,10+,14+,15-,17-,22-/m0/s1. The number of carbonyl (C=O) groups excluding carboxylic acids is 3. The molecule has 176 valence electrons. The third-order valence-corrected chi connectivity index (χ3v) is 7.75. The highest BCUT2D eigenvalue weighted by Crippen LogP contribution is 2.56. The summed E-state index contributed by atoms with van der Waals surface area (Å²) >= 11 is 3.36. The zero-order valence-electron chi connectivity index (χ0n) is 17.9. The van der Waals surface area contributed by atoms with Gasteiger partial charge in [0.1, 0.15) is 22.8 Å². The minimum absolute atomic E-state index is 0.126. The first-order chi connectivity index (χ1) is 15.3. The van der Waals surface area contributed by atoms with Gasteiger partial charge in [0, 0.05) is 16.0 Å². The van der Waals surface area contributed by atoms with Crippen LogP contribution >= 0.6 is 15.9 Å². The molecule has 3 aliphatic rings. The van der Waals surface area contributed by atoms with Gasteiger partial charge >= 0.3 is 0 Å². The summed E-state index contributed by atoms with van der Waals surface area (Å²) in [7, 11) is 2.93. The van der Waals surface area contributed by atoms with E-state index in [2.05, 4.69) is 15.9 Å². The van der Waals surface area contributed by atoms with E-state index < -0.39 is 75.6 Å². The number of aliphatic hydroxyl groups is 4. The van der Waals surface area contributed by atoms with Gasteiger partial charge in [0.2, 0.25) is 0 Å². The van der Waals surface area contributed by atoms with Crippen molar-refractivity contribution in [2.75, 3.05) is 14.1 Å². The van der Waals surface area contributed by atoms with Gasteiger partial charge in [0.15, 0.2) is 17.2 Å². The van der Waals surface area contributed by atoms with E-state index in [1.807, 2.05) is 0 Å². The van der Waals surface area contributed by atoms with Crippen LogP contribution in [0.25, 0.3) is 0 Å². The maximum absolute atomic E-state index is 13.5. The molecular formula is C22H23BrN2O8. The Labute approximate surface area is 196 Å². The Morgan fingerprint density at radius 3 is 2.30 bits per heavy atom. The summed E-state index contributed by atoms with van der Waals surface area (Å²) in [6, 6.07) is 1.47. The molecule has 0 heterocycles. The van der Waals surface area contributed by atoms with Gasteiger partial charge < -0.3 is 31.3 Å². The maximum Gasteiger partial charge on any atom is 0.255 e. The van der Waals surface area contributed by atoms with E-state index in [0.717, 1.165) is 0 Å². The number of rotatable bonds is 2. The smallest absolute Gasteiger partial charge is 0.255 e. The van der Waals surface area contributed by atoms with E-state index in [0.29, 0.717) is 10.0 Å². The largest absolute Gasteiger partial charge is 0.508 e. The fourth-order valence-corrected chi connectivity index (χ4v) is 6.34. The first kappa shape index (κ1) is 23.4. The average Bonchev–Trinajstić information content (AvgIpc) is 2.72. The molecule has 0 bridgehead atoms. The van der Waals surface area contributed by atoms with Crippen molar-refractivity contribution in [3.05, 3.63) is 50.4 Å². The zero-order valence-corrected chi connectivity index (χ0v) is 19.5. The number of halogens is 1. The average molecular weight is 523 g/mol. The monoisotopic (exact) mass is 522 g/mol. The molecule has 0 radical (unpaired) electrons. The van der Waals surface area contributed by atoms with Crippen molar-refractivity contribution < 1.29 is 39.9 Å². The van der Waals surface area contributed by atoms with Crippen molar-refractivity contribution in [2.24, 2.45) is 17.6 Å². The normalized spacial score (nSPS) is 33.7. The lowest BCUT2D eigenvalue weighted by Crippen LogP contribution is -2.67.